The van der Waals surface area contributed by atoms with Gasteiger partial charge in [0.25, 0.3) is 0 Å². The number of aryl methyl sites for hydroxylation is 3. The number of hydrogen-bond donors (Lipinski definition) is 0. The van der Waals surface area contributed by atoms with Crippen molar-refractivity contribution in [2.45, 2.75) is 13.8 Å². The average molecular weight is 226 g/mol. The van der Waals surface area contributed by atoms with Crippen molar-refractivity contribution in [1.82, 2.24) is 19.2 Å². The first kappa shape index (κ1) is 10.1. The van der Waals surface area contributed by atoms with Gasteiger partial charge in [0.2, 0.25) is 0 Å². The van der Waals surface area contributed by atoms with E-state index in [2.05, 4.69) is 40.5 Å². The normalized spacial score (nSPS) is 11.2. The summed E-state index contributed by atoms with van der Waals surface area (Å²) in [6.07, 6.45) is 3.71. The summed E-state index contributed by atoms with van der Waals surface area (Å²) in [6.45, 7) is 4.19. The Bertz CT molecular complexity index is 691. The number of nitrogens with zero attached hydrogens (tertiary/aromatic N) is 4. The minimum Gasteiger partial charge on any atom is -0.295 e. The van der Waals surface area contributed by atoms with Gasteiger partial charge in [0.05, 0.1) is 17.6 Å². The van der Waals surface area contributed by atoms with Crippen LogP contribution in [0.3, 0.4) is 0 Å². The molecular formula is C13H14N4. The fourth-order valence-electron chi connectivity index (χ4n) is 2.28. The predicted octanol–water partition coefficient (Wildman–Crippen LogP) is 2.35. The molecule has 86 valence electrons. The van der Waals surface area contributed by atoms with E-state index >= 15 is 0 Å². The molecule has 0 saturated heterocycles. The first-order valence-electron chi connectivity index (χ1n) is 5.60. The highest BCUT2D eigenvalue weighted by Crippen LogP contribution is 2.22. The molecule has 0 amide bonds. The summed E-state index contributed by atoms with van der Waals surface area (Å²) in [4.78, 5) is 4.46. The molecule has 0 spiro atoms. The zero-order valence-electron chi connectivity index (χ0n) is 10.2. The zero-order chi connectivity index (χ0) is 12.0. The second-order valence-corrected chi connectivity index (χ2v) is 4.35. The SMILES string of the molecule is Cc1cc(C)n2c(-c3ccnn3C)cnc2c1. The fraction of sp³-hybridized carbons (Fsp3) is 0.231. The monoisotopic (exact) mass is 226 g/mol. The van der Waals surface area contributed by atoms with Crippen molar-refractivity contribution in [3.63, 3.8) is 0 Å². The third kappa shape index (κ3) is 1.45. The molecule has 0 aliphatic rings. The molecule has 0 radical (unpaired) electrons. The second kappa shape index (κ2) is 3.45. The van der Waals surface area contributed by atoms with Crippen LogP contribution in [0.2, 0.25) is 0 Å². The van der Waals surface area contributed by atoms with Crippen LogP contribution in [0.4, 0.5) is 0 Å². The van der Waals surface area contributed by atoms with Crippen molar-refractivity contribution in [2.24, 2.45) is 7.05 Å². The highest BCUT2D eigenvalue weighted by Gasteiger charge is 2.10. The molecule has 0 aromatic carbocycles. The number of pyridine rings is 1. The van der Waals surface area contributed by atoms with Crippen LogP contribution in [-0.4, -0.2) is 19.2 Å². The Labute approximate surface area is 99.5 Å². The van der Waals surface area contributed by atoms with Crippen molar-refractivity contribution >= 4 is 5.65 Å². The Morgan fingerprint density at radius 1 is 1.12 bits per heavy atom. The molecule has 0 bridgehead atoms. The van der Waals surface area contributed by atoms with Gasteiger partial charge in [-0.15, -0.1) is 0 Å². The van der Waals surface area contributed by atoms with E-state index < -0.39 is 0 Å². The van der Waals surface area contributed by atoms with Crippen LogP contribution in [-0.2, 0) is 7.05 Å². The Kier molecular flexibility index (Phi) is 2.04. The molecule has 3 aromatic rings. The largest absolute Gasteiger partial charge is 0.295 e. The number of fused-ring (bicyclic) bond motifs is 1. The maximum absolute atomic E-state index is 4.46. The maximum atomic E-state index is 4.46. The molecule has 0 unspecified atom stereocenters. The van der Waals surface area contributed by atoms with Gasteiger partial charge >= 0.3 is 0 Å². The van der Waals surface area contributed by atoms with Crippen molar-refractivity contribution in [2.75, 3.05) is 0 Å². The quantitative estimate of drug-likeness (QED) is 0.638. The van der Waals surface area contributed by atoms with Gasteiger partial charge in [-0.1, -0.05) is 0 Å². The molecule has 3 aromatic heterocycles. The average Bonchev–Trinajstić information content (AvgIpc) is 2.83. The maximum Gasteiger partial charge on any atom is 0.137 e. The lowest BCUT2D eigenvalue weighted by Gasteiger charge is -2.06. The molecular weight excluding hydrogens is 212 g/mol. The number of hydrogen-bond acceptors (Lipinski definition) is 2. The smallest absolute Gasteiger partial charge is 0.137 e. The van der Waals surface area contributed by atoms with Crippen LogP contribution >= 0.6 is 0 Å². The standard InChI is InChI=1S/C13H14N4/c1-9-6-10(2)17-12(8-14-13(17)7-9)11-4-5-15-16(11)3/h4-8H,1-3H3. The topological polar surface area (TPSA) is 35.1 Å². The van der Waals surface area contributed by atoms with E-state index in [9.17, 15) is 0 Å². The van der Waals surface area contributed by atoms with E-state index in [1.54, 1.807) is 6.20 Å². The van der Waals surface area contributed by atoms with Crippen molar-refractivity contribution in [1.29, 1.82) is 0 Å². The summed E-state index contributed by atoms with van der Waals surface area (Å²) in [7, 11) is 1.94. The summed E-state index contributed by atoms with van der Waals surface area (Å²) >= 11 is 0. The molecule has 0 aliphatic heterocycles. The minimum absolute atomic E-state index is 0.985. The molecule has 0 aliphatic carbocycles. The van der Waals surface area contributed by atoms with Crippen LogP contribution in [0.15, 0.2) is 30.6 Å². The van der Waals surface area contributed by atoms with Gasteiger partial charge < -0.3 is 0 Å². The van der Waals surface area contributed by atoms with Gasteiger partial charge in [-0.05, 0) is 37.6 Å². The first-order valence-corrected chi connectivity index (χ1v) is 5.60. The lowest BCUT2D eigenvalue weighted by molar-refractivity contribution is 0.772. The van der Waals surface area contributed by atoms with E-state index in [0.29, 0.717) is 0 Å². The Balaban J connectivity index is 2.36. The third-order valence-electron chi connectivity index (χ3n) is 3.02. The lowest BCUT2D eigenvalue weighted by Crippen LogP contribution is -1.99. The summed E-state index contributed by atoms with van der Waals surface area (Å²) in [6, 6.07) is 6.25. The highest BCUT2D eigenvalue weighted by atomic mass is 15.3. The number of aromatic nitrogens is 4. The molecule has 17 heavy (non-hydrogen) atoms. The van der Waals surface area contributed by atoms with Gasteiger partial charge in [-0.2, -0.15) is 5.10 Å². The Morgan fingerprint density at radius 2 is 1.94 bits per heavy atom. The van der Waals surface area contributed by atoms with E-state index in [1.165, 1.54) is 11.3 Å². The second-order valence-electron chi connectivity index (χ2n) is 4.35. The summed E-state index contributed by atoms with van der Waals surface area (Å²) in [5.74, 6) is 0. The van der Waals surface area contributed by atoms with Crippen molar-refractivity contribution in [3.8, 4) is 11.4 Å². The molecule has 3 heterocycles. The highest BCUT2D eigenvalue weighted by molar-refractivity contribution is 5.61. The molecule has 4 nitrogen and oxygen atoms in total. The van der Waals surface area contributed by atoms with E-state index in [1.807, 2.05) is 24.0 Å². The van der Waals surface area contributed by atoms with Crippen molar-refractivity contribution < 1.29 is 0 Å². The van der Waals surface area contributed by atoms with Crippen LogP contribution in [0.5, 0.6) is 0 Å². The lowest BCUT2D eigenvalue weighted by atomic mass is 10.2. The Morgan fingerprint density at radius 3 is 2.65 bits per heavy atom. The summed E-state index contributed by atoms with van der Waals surface area (Å²) in [5, 5.41) is 4.20. The van der Waals surface area contributed by atoms with E-state index in [4.69, 9.17) is 0 Å². The third-order valence-corrected chi connectivity index (χ3v) is 3.02. The molecule has 0 fully saturated rings. The molecule has 3 rings (SSSR count). The molecule has 0 atom stereocenters. The molecule has 0 N–H and O–H groups in total. The Hall–Kier alpha value is -2.10. The van der Waals surface area contributed by atoms with Crippen LogP contribution < -0.4 is 0 Å². The van der Waals surface area contributed by atoms with Gasteiger partial charge in [0.15, 0.2) is 0 Å². The van der Waals surface area contributed by atoms with E-state index in [0.717, 1.165) is 17.0 Å². The first-order chi connectivity index (χ1) is 8.16. The van der Waals surface area contributed by atoms with Gasteiger partial charge in [0, 0.05) is 18.9 Å². The van der Waals surface area contributed by atoms with Crippen molar-refractivity contribution in [3.05, 3.63) is 41.9 Å². The van der Waals surface area contributed by atoms with E-state index in [-0.39, 0.29) is 0 Å². The zero-order valence-corrected chi connectivity index (χ0v) is 10.2. The van der Waals surface area contributed by atoms with Gasteiger partial charge in [-0.3, -0.25) is 9.08 Å². The van der Waals surface area contributed by atoms with Crippen LogP contribution in [0.25, 0.3) is 17.0 Å². The summed E-state index contributed by atoms with van der Waals surface area (Å²) < 4.78 is 4.02. The summed E-state index contributed by atoms with van der Waals surface area (Å²) in [5.41, 5.74) is 5.56. The molecule has 4 heteroatoms. The van der Waals surface area contributed by atoms with Crippen LogP contribution in [0.1, 0.15) is 11.3 Å². The number of imidazole rings is 1. The predicted molar refractivity (Wildman–Crippen MR) is 66.9 cm³/mol. The minimum atomic E-state index is 0.985. The van der Waals surface area contributed by atoms with Gasteiger partial charge in [-0.25, -0.2) is 4.98 Å². The number of rotatable bonds is 1. The fourth-order valence-corrected chi connectivity index (χ4v) is 2.28. The van der Waals surface area contributed by atoms with Crippen LogP contribution in [0, 0.1) is 13.8 Å². The molecule has 0 saturated carbocycles. The van der Waals surface area contributed by atoms with Gasteiger partial charge in [0.1, 0.15) is 5.65 Å².